The molecule has 0 aromatic carbocycles. The Morgan fingerprint density at radius 1 is 1.47 bits per heavy atom. The van der Waals surface area contributed by atoms with E-state index in [2.05, 4.69) is 25.7 Å². The van der Waals surface area contributed by atoms with E-state index in [0.29, 0.717) is 15.9 Å². The van der Waals surface area contributed by atoms with Crippen LogP contribution < -0.4 is 11.1 Å². The van der Waals surface area contributed by atoms with Crippen LogP contribution in [0.15, 0.2) is 30.1 Å². The fraction of sp³-hybridized carbons (Fsp3) is 0.312. The van der Waals surface area contributed by atoms with Crippen LogP contribution in [-0.4, -0.2) is 73.6 Å². The molecule has 168 valence electrons. The molecule has 2 aromatic heterocycles. The summed E-state index contributed by atoms with van der Waals surface area (Å²) in [6.07, 6.45) is 0. The van der Waals surface area contributed by atoms with Crippen molar-refractivity contribution < 1.29 is 28.7 Å². The van der Waals surface area contributed by atoms with Crippen LogP contribution in [0.1, 0.15) is 11.6 Å². The van der Waals surface area contributed by atoms with Crippen molar-refractivity contribution in [1.29, 1.82) is 0 Å². The SMILES string of the molecule is CON=C(C(=O)NC1C(=O)N2C(C(=O)O)=C(Sc3nnc(C)o3)SCC12)c1csc(N)n1. The number of hydrogen-bond acceptors (Lipinski definition) is 13. The van der Waals surface area contributed by atoms with Gasteiger partial charge in [-0.15, -0.1) is 33.3 Å². The number of carboxylic acid groups (broad SMARTS) is 1. The van der Waals surface area contributed by atoms with Crippen molar-refractivity contribution in [1.82, 2.24) is 25.4 Å². The number of anilines is 1. The molecule has 0 spiro atoms. The topological polar surface area (TPSA) is 186 Å². The summed E-state index contributed by atoms with van der Waals surface area (Å²) in [6.45, 7) is 1.61. The Morgan fingerprint density at radius 3 is 2.84 bits per heavy atom. The lowest BCUT2D eigenvalue weighted by Crippen LogP contribution is -2.72. The maximum atomic E-state index is 12.8. The van der Waals surface area contributed by atoms with Gasteiger partial charge in [0.15, 0.2) is 16.5 Å². The van der Waals surface area contributed by atoms with Crippen LogP contribution in [0.5, 0.6) is 0 Å². The van der Waals surface area contributed by atoms with Crippen LogP contribution in [0.2, 0.25) is 0 Å². The zero-order valence-electron chi connectivity index (χ0n) is 16.5. The molecule has 0 aliphatic carbocycles. The van der Waals surface area contributed by atoms with Gasteiger partial charge in [-0.3, -0.25) is 14.5 Å². The molecule has 2 aromatic rings. The number of aromatic nitrogens is 3. The minimum Gasteiger partial charge on any atom is -0.477 e. The fourth-order valence-corrected chi connectivity index (χ4v) is 5.92. The molecule has 0 radical (unpaired) electrons. The molecule has 4 N–H and O–H groups in total. The van der Waals surface area contributed by atoms with Crippen LogP contribution in [0, 0.1) is 6.92 Å². The van der Waals surface area contributed by atoms with Crippen molar-refractivity contribution in [2.45, 2.75) is 24.2 Å². The number of hydrogen-bond donors (Lipinski definition) is 3. The summed E-state index contributed by atoms with van der Waals surface area (Å²) < 4.78 is 5.63. The largest absolute Gasteiger partial charge is 0.477 e. The van der Waals surface area contributed by atoms with Gasteiger partial charge in [-0.2, -0.15) is 0 Å². The number of nitrogen functional groups attached to an aromatic ring is 1. The van der Waals surface area contributed by atoms with E-state index in [1.807, 2.05) is 0 Å². The highest BCUT2D eigenvalue weighted by atomic mass is 32.2. The van der Waals surface area contributed by atoms with Gasteiger partial charge in [0.05, 0.1) is 10.3 Å². The highest BCUT2D eigenvalue weighted by Gasteiger charge is 2.54. The van der Waals surface area contributed by atoms with E-state index in [-0.39, 0.29) is 27.5 Å². The van der Waals surface area contributed by atoms with E-state index in [1.54, 1.807) is 6.92 Å². The first-order valence-electron chi connectivity index (χ1n) is 8.85. The number of thiazole rings is 1. The van der Waals surface area contributed by atoms with Crippen molar-refractivity contribution in [3.63, 3.8) is 0 Å². The molecule has 2 atom stereocenters. The van der Waals surface area contributed by atoms with Crippen molar-refractivity contribution in [3.05, 3.63) is 26.9 Å². The predicted octanol–water partition coefficient (Wildman–Crippen LogP) is 0.256. The number of nitrogens with zero attached hydrogens (tertiary/aromatic N) is 5. The second-order valence-electron chi connectivity index (χ2n) is 6.36. The second-order valence-corrected chi connectivity index (χ2v) is 9.50. The van der Waals surface area contributed by atoms with Gasteiger partial charge in [0.2, 0.25) is 5.89 Å². The van der Waals surface area contributed by atoms with Gasteiger partial charge in [-0.25, -0.2) is 9.78 Å². The average Bonchev–Trinajstić information content (AvgIpc) is 3.37. The molecule has 16 heteroatoms. The molecular formula is C16H15N7O6S3. The van der Waals surface area contributed by atoms with Crippen molar-refractivity contribution in [3.8, 4) is 0 Å². The number of carbonyl (C=O) groups excluding carboxylic acids is 2. The number of aryl methyl sites for hydroxylation is 1. The Balaban J connectivity index is 1.53. The lowest BCUT2D eigenvalue weighted by atomic mass is 9.95. The molecule has 2 aliphatic rings. The van der Waals surface area contributed by atoms with E-state index in [0.717, 1.165) is 28.0 Å². The second kappa shape index (κ2) is 8.79. The zero-order valence-corrected chi connectivity index (χ0v) is 18.9. The minimum absolute atomic E-state index is 0.146. The number of aliphatic carboxylic acids is 1. The number of nitrogens with one attached hydrogen (secondary N) is 1. The molecule has 32 heavy (non-hydrogen) atoms. The van der Waals surface area contributed by atoms with Gasteiger partial charge in [0.1, 0.15) is 18.8 Å². The number of carbonyl (C=O) groups is 3. The first kappa shape index (κ1) is 22.1. The van der Waals surface area contributed by atoms with E-state index < -0.39 is 29.9 Å². The van der Waals surface area contributed by atoms with E-state index in [9.17, 15) is 19.5 Å². The Morgan fingerprint density at radius 2 is 2.25 bits per heavy atom. The Kier molecular flexibility index (Phi) is 6.07. The lowest BCUT2D eigenvalue weighted by Gasteiger charge is -2.49. The van der Waals surface area contributed by atoms with Crippen LogP contribution >= 0.6 is 34.9 Å². The molecule has 4 heterocycles. The monoisotopic (exact) mass is 497 g/mol. The van der Waals surface area contributed by atoms with Crippen LogP contribution in [0.3, 0.4) is 0 Å². The summed E-state index contributed by atoms with van der Waals surface area (Å²) in [6, 6.07) is -1.49. The fourth-order valence-electron chi connectivity index (χ4n) is 3.05. The van der Waals surface area contributed by atoms with Gasteiger partial charge in [0, 0.05) is 18.1 Å². The lowest BCUT2D eigenvalue weighted by molar-refractivity contribution is -0.153. The number of amides is 2. The number of rotatable bonds is 7. The molecule has 0 saturated carbocycles. The molecule has 2 aliphatic heterocycles. The van der Waals surface area contributed by atoms with Gasteiger partial charge in [0.25, 0.3) is 17.0 Å². The maximum absolute atomic E-state index is 12.8. The third kappa shape index (κ3) is 4.03. The number of β-lactam (4-membered cyclic amide) rings is 1. The van der Waals surface area contributed by atoms with E-state index in [1.165, 1.54) is 24.3 Å². The zero-order chi connectivity index (χ0) is 23.0. The standard InChI is InChI=1S/C16H15N7O6S3/c1-5-20-21-16(29-5)32-14-10(13(26)27)23-7(4-30-14)9(12(23)25)19-11(24)8(22-28-2)6-3-31-15(17)18-6/h3,7,9H,4H2,1-2H3,(H2,17,18)(H,19,24)(H,26,27). The summed E-state index contributed by atoms with van der Waals surface area (Å²) in [5.74, 6) is -1.85. The minimum atomic E-state index is -1.28. The maximum Gasteiger partial charge on any atom is 0.354 e. The molecule has 0 bridgehead atoms. The van der Waals surface area contributed by atoms with Gasteiger partial charge in [-0.05, 0) is 11.8 Å². The first-order valence-corrected chi connectivity index (χ1v) is 11.5. The third-order valence-corrected chi connectivity index (χ3v) is 7.34. The highest BCUT2D eigenvalue weighted by Crippen LogP contribution is 2.45. The Labute approximate surface area is 192 Å². The number of carboxylic acids is 1. The molecule has 4 rings (SSSR count). The summed E-state index contributed by atoms with van der Waals surface area (Å²) in [7, 11) is 1.27. The van der Waals surface area contributed by atoms with Crippen molar-refractivity contribution in [2.75, 3.05) is 18.6 Å². The van der Waals surface area contributed by atoms with E-state index in [4.69, 9.17) is 15.0 Å². The molecule has 2 amide bonds. The van der Waals surface area contributed by atoms with Gasteiger partial charge in [-0.1, -0.05) is 5.16 Å². The Hall–Kier alpha value is -3.11. The molecular weight excluding hydrogens is 482 g/mol. The summed E-state index contributed by atoms with van der Waals surface area (Å²) >= 11 is 3.32. The molecule has 2 unspecified atom stereocenters. The number of fused-ring (bicyclic) bond motifs is 1. The normalized spacial score (nSPS) is 20.6. The predicted molar refractivity (Wildman–Crippen MR) is 115 cm³/mol. The smallest absolute Gasteiger partial charge is 0.354 e. The first-order chi connectivity index (χ1) is 15.3. The summed E-state index contributed by atoms with van der Waals surface area (Å²) in [5, 5.41) is 25.5. The van der Waals surface area contributed by atoms with Crippen LogP contribution in [-0.2, 0) is 19.2 Å². The van der Waals surface area contributed by atoms with Crippen molar-refractivity contribution >= 4 is 63.5 Å². The highest BCUT2D eigenvalue weighted by molar-refractivity contribution is 8.22. The van der Waals surface area contributed by atoms with Gasteiger partial charge >= 0.3 is 5.97 Å². The van der Waals surface area contributed by atoms with Gasteiger partial charge < -0.3 is 25.4 Å². The average molecular weight is 498 g/mol. The van der Waals surface area contributed by atoms with Crippen LogP contribution in [0.25, 0.3) is 0 Å². The Bertz CT molecular complexity index is 1160. The molecule has 1 saturated heterocycles. The number of oxime groups is 1. The summed E-state index contributed by atoms with van der Waals surface area (Å²) in [4.78, 5) is 47.4. The number of thioether (sulfide) groups is 2. The van der Waals surface area contributed by atoms with E-state index >= 15 is 0 Å². The summed E-state index contributed by atoms with van der Waals surface area (Å²) in [5.41, 5.74) is 5.47. The molecule has 13 nitrogen and oxygen atoms in total. The van der Waals surface area contributed by atoms with Crippen molar-refractivity contribution in [2.24, 2.45) is 5.16 Å². The number of nitrogens with two attached hydrogens (primary N) is 1. The molecule has 1 fully saturated rings. The van der Waals surface area contributed by atoms with Crippen LogP contribution in [0.4, 0.5) is 5.13 Å². The third-order valence-electron chi connectivity index (χ3n) is 4.38. The quantitative estimate of drug-likeness (QED) is 0.269.